The van der Waals surface area contributed by atoms with Crippen LogP contribution in [0.15, 0.2) is 36.4 Å². The molecule has 0 bridgehead atoms. The fourth-order valence-corrected chi connectivity index (χ4v) is 6.54. The number of nitrogens with two attached hydrogens (primary N) is 1. The second kappa shape index (κ2) is 7.35. The Hall–Kier alpha value is -1.58. The van der Waals surface area contributed by atoms with E-state index in [2.05, 4.69) is 48.2 Å². The number of benzene rings is 2. The van der Waals surface area contributed by atoms with Crippen LogP contribution in [0.5, 0.6) is 0 Å². The molecule has 0 aromatic heterocycles. The van der Waals surface area contributed by atoms with E-state index in [0.29, 0.717) is 12.0 Å². The highest BCUT2D eigenvalue weighted by atomic mass is 35.5. The quantitative estimate of drug-likeness (QED) is 0.810. The van der Waals surface area contributed by atoms with E-state index in [1.165, 1.54) is 68.0 Å². The summed E-state index contributed by atoms with van der Waals surface area (Å²) in [7, 11) is 0. The van der Waals surface area contributed by atoms with Crippen molar-refractivity contribution in [3.63, 3.8) is 0 Å². The van der Waals surface area contributed by atoms with Gasteiger partial charge in [0.05, 0.1) is 5.41 Å². The van der Waals surface area contributed by atoms with E-state index in [1.54, 1.807) is 0 Å². The van der Waals surface area contributed by atoms with Gasteiger partial charge in [-0.1, -0.05) is 49.2 Å². The molecule has 0 radical (unpaired) electrons. The summed E-state index contributed by atoms with van der Waals surface area (Å²) < 4.78 is 0. The van der Waals surface area contributed by atoms with Gasteiger partial charge in [-0.05, 0) is 73.5 Å². The van der Waals surface area contributed by atoms with Crippen molar-refractivity contribution < 1.29 is 4.79 Å². The van der Waals surface area contributed by atoms with Crippen molar-refractivity contribution in [2.75, 3.05) is 13.1 Å². The number of halogens is 1. The van der Waals surface area contributed by atoms with E-state index < -0.39 is 5.41 Å². The van der Waals surface area contributed by atoms with Crippen LogP contribution >= 0.6 is 12.4 Å². The Morgan fingerprint density at radius 2 is 1.71 bits per heavy atom. The van der Waals surface area contributed by atoms with Crippen LogP contribution in [0.3, 0.4) is 0 Å². The normalized spacial score (nSPS) is 32.4. The maximum atomic E-state index is 12.9. The predicted octanol–water partition coefficient (Wildman–Crippen LogP) is 4.76. The third kappa shape index (κ3) is 2.70. The van der Waals surface area contributed by atoms with Crippen molar-refractivity contribution >= 4 is 29.1 Å². The molecular weight excluding hydrogens is 368 g/mol. The zero-order valence-electron chi connectivity index (χ0n) is 16.7. The number of hydrogen-bond acceptors (Lipinski definition) is 2. The summed E-state index contributed by atoms with van der Waals surface area (Å²) in [4.78, 5) is 15.6. The van der Waals surface area contributed by atoms with Gasteiger partial charge in [0.2, 0.25) is 5.91 Å². The first-order valence-electron chi connectivity index (χ1n) is 10.7. The van der Waals surface area contributed by atoms with Crippen LogP contribution in [0.1, 0.15) is 62.5 Å². The van der Waals surface area contributed by atoms with Crippen LogP contribution in [0, 0.1) is 5.92 Å². The van der Waals surface area contributed by atoms with Crippen molar-refractivity contribution in [1.82, 2.24) is 4.90 Å². The van der Waals surface area contributed by atoms with Crippen molar-refractivity contribution in [2.24, 2.45) is 11.7 Å². The SMILES string of the molecule is CC1(C(N)=O)c2cccc3cccc(c23)C1C1CCCCC1N1CCCC1.Cl. The average molecular weight is 399 g/mol. The summed E-state index contributed by atoms with van der Waals surface area (Å²) >= 11 is 0. The maximum Gasteiger partial charge on any atom is 0.228 e. The smallest absolute Gasteiger partial charge is 0.228 e. The van der Waals surface area contributed by atoms with Gasteiger partial charge in [-0.25, -0.2) is 0 Å². The van der Waals surface area contributed by atoms with E-state index in [0.717, 1.165) is 5.56 Å². The molecule has 0 spiro atoms. The highest BCUT2D eigenvalue weighted by Crippen LogP contribution is 2.57. The first-order chi connectivity index (χ1) is 13.1. The molecule has 28 heavy (non-hydrogen) atoms. The van der Waals surface area contributed by atoms with E-state index in [1.807, 2.05) is 0 Å². The Morgan fingerprint density at radius 1 is 1.04 bits per heavy atom. The molecule has 2 aliphatic carbocycles. The van der Waals surface area contributed by atoms with E-state index >= 15 is 0 Å². The summed E-state index contributed by atoms with van der Waals surface area (Å²) in [6.45, 7) is 4.56. The number of hydrogen-bond donors (Lipinski definition) is 1. The number of rotatable bonds is 3. The molecule has 1 aliphatic heterocycles. The first kappa shape index (κ1) is 19.7. The van der Waals surface area contributed by atoms with Crippen LogP contribution < -0.4 is 5.73 Å². The lowest BCUT2D eigenvalue weighted by atomic mass is 9.63. The van der Waals surface area contributed by atoms with Crippen molar-refractivity contribution in [3.8, 4) is 0 Å². The Bertz CT molecular complexity index is 886. The van der Waals surface area contributed by atoms with Crippen LogP contribution in [0.2, 0.25) is 0 Å². The van der Waals surface area contributed by atoms with Gasteiger partial charge in [-0.15, -0.1) is 12.4 Å². The minimum atomic E-state index is -0.608. The second-order valence-corrected chi connectivity index (χ2v) is 9.05. The van der Waals surface area contributed by atoms with Gasteiger partial charge in [-0.3, -0.25) is 4.79 Å². The molecule has 2 fully saturated rings. The van der Waals surface area contributed by atoms with Gasteiger partial charge < -0.3 is 10.6 Å². The second-order valence-electron chi connectivity index (χ2n) is 9.05. The lowest BCUT2D eigenvalue weighted by Crippen LogP contribution is -2.50. The molecule has 4 atom stereocenters. The number of primary amides is 1. The molecule has 4 unspecified atom stereocenters. The van der Waals surface area contributed by atoms with Crippen molar-refractivity contribution in [3.05, 3.63) is 47.5 Å². The molecule has 5 rings (SSSR count). The van der Waals surface area contributed by atoms with Gasteiger partial charge in [0.15, 0.2) is 0 Å². The first-order valence-corrected chi connectivity index (χ1v) is 10.7. The predicted molar refractivity (Wildman–Crippen MR) is 117 cm³/mol. The Balaban J connectivity index is 0.00000192. The molecular formula is C24H31ClN2O. The summed E-state index contributed by atoms with van der Waals surface area (Å²) in [5, 5.41) is 2.53. The third-order valence-electron chi connectivity index (χ3n) is 7.78. The van der Waals surface area contributed by atoms with Crippen LogP contribution in [-0.2, 0) is 10.2 Å². The number of nitrogens with zero attached hydrogens (tertiary/aromatic N) is 1. The zero-order chi connectivity index (χ0) is 18.6. The monoisotopic (exact) mass is 398 g/mol. The van der Waals surface area contributed by atoms with Crippen molar-refractivity contribution in [1.29, 1.82) is 0 Å². The van der Waals surface area contributed by atoms with Gasteiger partial charge in [0.25, 0.3) is 0 Å². The van der Waals surface area contributed by atoms with Gasteiger partial charge >= 0.3 is 0 Å². The fourth-order valence-electron chi connectivity index (χ4n) is 6.54. The average Bonchev–Trinajstić information content (AvgIpc) is 3.30. The van der Waals surface area contributed by atoms with Crippen LogP contribution in [-0.4, -0.2) is 29.9 Å². The lowest BCUT2D eigenvalue weighted by Gasteiger charge is -2.45. The molecule has 3 aliphatic rings. The lowest BCUT2D eigenvalue weighted by molar-refractivity contribution is -0.124. The number of carbonyl (C=O) groups is 1. The minimum absolute atomic E-state index is 0. The third-order valence-corrected chi connectivity index (χ3v) is 7.78. The molecule has 1 saturated heterocycles. The Kier molecular flexibility index (Phi) is 5.18. The van der Waals surface area contributed by atoms with Gasteiger partial charge in [0.1, 0.15) is 0 Å². The number of carbonyl (C=O) groups excluding carboxylic acids is 1. The molecule has 1 heterocycles. The highest BCUT2D eigenvalue weighted by molar-refractivity contribution is 6.01. The van der Waals surface area contributed by atoms with Gasteiger partial charge in [-0.2, -0.15) is 0 Å². The molecule has 150 valence electrons. The summed E-state index contributed by atoms with van der Waals surface area (Å²) in [5.41, 5.74) is 8.04. The standard InChI is InChI=1S/C24H30N2O.ClH/c1-24(23(25)27)19-12-7-9-16-8-6-11-18(21(16)19)22(24)17-10-2-3-13-20(17)26-14-4-5-15-26;/h6-9,11-12,17,20,22H,2-5,10,13-15H2,1H3,(H2,25,27);1H. The number of amides is 1. The topological polar surface area (TPSA) is 46.3 Å². The molecule has 2 N–H and O–H groups in total. The summed E-state index contributed by atoms with van der Waals surface area (Å²) in [6.07, 6.45) is 7.69. The van der Waals surface area contributed by atoms with E-state index in [9.17, 15) is 4.79 Å². The molecule has 1 saturated carbocycles. The largest absolute Gasteiger partial charge is 0.369 e. The summed E-state index contributed by atoms with van der Waals surface area (Å²) in [5.74, 6) is 0.538. The van der Waals surface area contributed by atoms with Crippen LogP contribution in [0.25, 0.3) is 10.8 Å². The Labute approximate surface area is 174 Å². The maximum absolute atomic E-state index is 12.9. The summed E-state index contributed by atoms with van der Waals surface area (Å²) in [6, 6.07) is 13.6. The molecule has 2 aromatic carbocycles. The molecule has 2 aromatic rings. The van der Waals surface area contributed by atoms with Gasteiger partial charge in [0, 0.05) is 12.0 Å². The molecule has 3 nitrogen and oxygen atoms in total. The number of likely N-dealkylation sites (tertiary alicyclic amines) is 1. The van der Waals surface area contributed by atoms with Crippen molar-refractivity contribution in [2.45, 2.75) is 62.8 Å². The minimum Gasteiger partial charge on any atom is -0.369 e. The zero-order valence-corrected chi connectivity index (χ0v) is 17.5. The molecule has 1 amide bonds. The van der Waals surface area contributed by atoms with Crippen LogP contribution in [0.4, 0.5) is 0 Å². The van der Waals surface area contributed by atoms with E-state index in [-0.39, 0.29) is 24.2 Å². The van der Waals surface area contributed by atoms with E-state index in [4.69, 9.17) is 5.73 Å². The Morgan fingerprint density at radius 3 is 2.43 bits per heavy atom. The fraction of sp³-hybridized carbons (Fsp3) is 0.542. The highest BCUT2D eigenvalue weighted by Gasteiger charge is 2.53. The molecule has 4 heteroatoms.